The number of benzene rings is 3. The summed E-state index contributed by atoms with van der Waals surface area (Å²) in [5.74, 6) is -1.58. The predicted molar refractivity (Wildman–Crippen MR) is 204 cm³/mol. The fourth-order valence-corrected chi connectivity index (χ4v) is 6.53. The van der Waals surface area contributed by atoms with Crippen LogP contribution < -0.4 is 16.2 Å². The van der Waals surface area contributed by atoms with Crippen molar-refractivity contribution < 1.29 is 23.5 Å². The Bertz CT molecular complexity index is 2210. The summed E-state index contributed by atoms with van der Waals surface area (Å²) in [6.07, 6.45) is 2.85. The van der Waals surface area contributed by atoms with Gasteiger partial charge in [0.2, 0.25) is 5.91 Å². The van der Waals surface area contributed by atoms with Crippen LogP contribution in [0, 0.1) is 5.82 Å². The first kappa shape index (κ1) is 38.2. The summed E-state index contributed by atoms with van der Waals surface area (Å²) in [4.78, 5) is 58.4. The number of rotatable bonds is 14. The van der Waals surface area contributed by atoms with Crippen LogP contribution >= 0.6 is 11.6 Å². The maximum Gasteiger partial charge on any atom is 0.272 e. The van der Waals surface area contributed by atoms with E-state index in [1.54, 1.807) is 46.3 Å². The number of ether oxygens (including phenoxy) is 1. The third-order valence-electron chi connectivity index (χ3n) is 9.28. The highest BCUT2D eigenvalue weighted by Crippen LogP contribution is 2.25. The molecule has 0 radical (unpaired) electrons. The molecule has 3 heterocycles. The highest BCUT2D eigenvalue weighted by molar-refractivity contribution is 6.33. The van der Waals surface area contributed by atoms with Gasteiger partial charge >= 0.3 is 0 Å². The number of halogens is 2. The fourth-order valence-electron chi connectivity index (χ4n) is 6.28. The van der Waals surface area contributed by atoms with Crippen LogP contribution in [-0.2, 0) is 22.4 Å². The van der Waals surface area contributed by atoms with Gasteiger partial charge in [0.25, 0.3) is 17.4 Å². The summed E-state index contributed by atoms with van der Waals surface area (Å²) in [7, 11) is 0. The summed E-state index contributed by atoms with van der Waals surface area (Å²) in [5, 5.41) is 14.0. The van der Waals surface area contributed by atoms with E-state index in [0.717, 1.165) is 17.5 Å². The molecule has 1 aliphatic rings. The minimum atomic E-state index is -0.629. The normalized spacial score (nSPS) is 12.9. The molecule has 1 saturated heterocycles. The third kappa shape index (κ3) is 9.34. The van der Waals surface area contributed by atoms with Gasteiger partial charge < -0.3 is 25.2 Å². The van der Waals surface area contributed by atoms with Crippen molar-refractivity contribution in [3.63, 3.8) is 0 Å². The van der Waals surface area contributed by atoms with Crippen molar-refractivity contribution in [2.24, 2.45) is 0 Å². The molecule has 280 valence electrons. The number of hydrogen-bond donors (Lipinski definition) is 3. The largest absolute Gasteiger partial charge is 0.378 e. The second kappa shape index (κ2) is 18.0. The molecule has 3 aromatic carbocycles. The molecule has 3 amide bonds. The Hall–Kier alpha value is -5.50. The first-order valence-electron chi connectivity index (χ1n) is 17.8. The molecule has 0 aliphatic carbocycles. The van der Waals surface area contributed by atoms with Crippen molar-refractivity contribution in [1.29, 1.82) is 0 Å². The van der Waals surface area contributed by atoms with Crippen molar-refractivity contribution in [3.8, 4) is 11.1 Å². The quantitative estimate of drug-likeness (QED) is 0.143. The van der Waals surface area contributed by atoms with Crippen molar-refractivity contribution in [3.05, 3.63) is 128 Å². The van der Waals surface area contributed by atoms with Crippen LogP contribution in [0.5, 0.6) is 0 Å². The number of carbonyl (C=O) groups is 3. The Kier molecular flexibility index (Phi) is 12.8. The van der Waals surface area contributed by atoms with Gasteiger partial charge in [0.05, 0.1) is 41.4 Å². The van der Waals surface area contributed by atoms with E-state index in [1.165, 1.54) is 17.7 Å². The topological polar surface area (TPSA) is 150 Å². The van der Waals surface area contributed by atoms with Crippen LogP contribution in [0.4, 0.5) is 4.39 Å². The molecular formula is C40H41ClFN7O5. The number of H-pyrrole nitrogens is 1. The number of hydrogen-bond acceptors (Lipinski definition) is 8. The van der Waals surface area contributed by atoms with E-state index < -0.39 is 17.6 Å². The molecule has 1 fully saturated rings. The number of nitrogens with one attached hydrogen (secondary N) is 3. The van der Waals surface area contributed by atoms with Gasteiger partial charge in [-0.25, -0.2) is 14.5 Å². The van der Waals surface area contributed by atoms with E-state index in [4.69, 9.17) is 16.3 Å². The lowest BCUT2D eigenvalue weighted by Gasteiger charge is -2.35. The first-order chi connectivity index (χ1) is 26.2. The third-order valence-corrected chi connectivity index (χ3v) is 9.57. The van der Waals surface area contributed by atoms with Gasteiger partial charge in [-0.05, 0) is 47.4 Å². The minimum absolute atomic E-state index is 0.0504. The number of aromatic nitrogens is 3. The first-order valence-corrected chi connectivity index (χ1v) is 18.2. The summed E-state index contributed by atoms with van der Waals surface area (Å²) >= 11 is 6.39. The highest BCUT2D eigenvalue weighted by Gasteiger charge is 2.26. The van der Waals surface area contributed by atoms with E-state index in [9.17, 15) is 23.6 Å². The van der Waals surface area contributed by atoms with E-state index in [-0.39, 0.29) is 60.5 Å². The van der Waals surface area contributed by atoms with Gasteiger partial charge in [0, 0.05) is 62.8 Å². The molecule has 1 aliphatic heterocycles. The van der Waals surface area contributed by atoms with Gasteiger partial charge in [0.1, 0.15) is 11.5 Å². The molecule has 12 nitrogen and oxygen atoms in total. The molecule has 0 atom stereocenters. The summed E-state index contributed by atoms with van der Waals surface area (Å²) in [6, 6.07) is 21.3. The summed E-state index contributed by atoms with van der Waals surface area (Å²) < 4.78 is 20.5. The number of carbonyl (C=O) groups excluding carboxylic acids is 3. The highest BCUT2D eigenvalue weighted by atomic mass is 35.5. The van der Waals surface area contributed by atoms with Crippen molar-refractivity contribution in [2.45, 2.75) is 19.8 Å². The van der Waals surface area contributed by atoms with Gasteiger partial charge in [-0.1, -0.05) is 67.1 Å². The smallest absolute Gasteiger partial charge is 0.272 e. The lowest BCUT2D eigenvalue weighted by molar-refractivity contribution is -0.131. The Labute approximate surface area is 316 Å². The van der Waals surface area contributed by atoms with Gasteiger partial charge in [-0.15, -0.1) is 0 Å². The lowest BCUT2D eigenvalue weighted by Crippen LogP contribution is -2.52. The van der Waals surface area contributed by atoms with Crippen molar-refractivity contribution in [1.82, 2.24) is 35.6 Å². The maximum atomic E-state index is 14.9. The van der Waals surface area contributed by atoms with Crippen LogP contribution in [0.1, 0.15) is 44.6 Å². The monoisotopic (exact) mass is 753 g/mol. The van der Waals surface area contributed by atoms with E-state index in [2.05, 4.69) is 44.9 Å². The molecule has 0 bridgehead atoms. The molecule has 0 unspecified atom stereocenters. The van der Waals surface area contributed by atoms with E-state index in [1.807, 2.05) is 18.2 Å². The van der Waals surface area contributed by atoms with E-state index >= 15 is 0 Å². The van der Waals surface area contributed by atoms with Gasteiger partial charge in [-0.3, -0.25) is 19.2 Å². The van der Waals surface area contributed by atoms with Crippen LogP contribution in [0.15, 0.2) is 83.8 Å². The molecule has 3 N–H and O–H groups in total. The molecule has 0 saturated carbocycles. The molecule has 0 spiro atoms. The standard InChI is InChI=1S/C40H41ClFN7O5/c1-2-26-6-5-7-28(20-26)29-23-33(41)37(45-24-29)39(52)44-13-19-54-18-12-43-25-36(50)48-14-16-49(17-15-48)40(53)32-21-27(10-11-34(32)42)22-35-30-8-3-4-9-31(30)38(51)47-46-35/h3-11,20-21,23-24,43H,2,12-19,22,25H2,1H3,(H,44,52)(H,47,51). The van der Waals surface area contributed by atoms with Crippen LogP contribution in [-0.4, -0.2) is 102 Å². The number of nitrogens with zero attached hydrogens (tertiary/aromatic N) is 4. The van der Waals surface area contributed by atoms with Crippen LogP contribution in [0.2, 0.25) is 5.02 Å². The second-order valence-corrected chi connectivity index (χ2v) is 13.3. The Morgan fingerprint density at radius 3 is 2.43 bits per heavy atom. The second-order valence-electron chi connectivity index (χ2n) is 12.9. The number of fused-ring (bicyclic) bond motifs is 1. The Morgan fingerprint density at radius 1 is 0.889 bits per heavy atom. The molecule has 2 aromatic heterocycles. The van der Waals surface area contributed by atoms with Crippen LogP contribution in [0.25, 0.3) is 21.9 Å². The number of piperazine rings is 1. The molecule has 6 rings (SSSR count). The number of amides is 3. The SMILES string of the molecule is CCc1cccc(-c2cnc(C(=O)NCCOCCNCC(=O)N3CCN(C(=O)c4cc(Cc5n[nH]c(=O)c6ccccc56)ccc4F)CC3)c(Cl)c2)c1. The Balaban J connectivity index is 0.879. The molecule has 14 heteroatoms. The van der Waals surface area contributed by atoms with Crippen molar-refractivity contribution >= 4 is 40.1 Å². The number of aromatic amines is 1. The van der Waals surface area contributed by atoms with Crippen LogP contribution in [0.3, 0.4) is 0 Å². The molecular weight excluding hydrogens is 713 g/mol. The zero-order valence-electron chi connectivity index (χ0n) is 29.9. The number of aryl methyl sites for hydroxylation is 1. The lowest BCUT2D eigenvalue weighted by atomic mass is 10.0. The van der Waals surface area contributed by atoms with Crippen molar-refractivity contribution in [2.75, 3.05) is 59.0 Å². The fraction of sp³-hybridized carbons (Fsp3) is 0.300. The van der Waals surface area contributed by atoms with Gasteiger partial charge in [0.15, 0.2) is 0 Å². The zero-order chi connectivity index (χ0) is 38.0. The Morgan fingerprint density at radius 2 is 1.65 bits per heavy atom. The van der Waals surface area contributed by atoms with Gasteiger partial charge in [-0.2, -0.15) is 5.10 Å². The summed E-state index contributed by atoms with van der Waals surface area (Å²) in [5.41, 5.74) is 4.11. The minimum Gasteiger partial charge on any atom is -0.378 e. The average Bonchev–Trinajstić information content (AvgIpc) is 3.20. The predicted octanol–water partition coefficient (Wildman–Crippen LogP) is 4.25. The summed E-state index contributed by atoms with van der Waals surface area (Å²) in [6.45, 7) is 4.65. The zero-order valence-corrected chi connectivity index (χ0v) is 30.6. The van der Waals surface area contributed by atoms with E-state index in [0.29, 0.717) is 54.7 Å². The molecule has 5 aromatic rings. The average molecular weight is 754 g/mol. The maximum absolute atomic E-state index is 14.9. The molecule has 54 heavy (non-hydrogen) atoms. The number of pyridine rings is 1.